The van der Waals surface area contributed by atoms with Gasteiger partial charge in [0.05, 0.1) is 40.0 Å². The van der Waals surface area contributed by atoms with Crippen LogP contribution < -0.4 is 4.89 Å². The van der Waals surface area contributed by atoms with E-state index >= 15 is 0 Å². The molecule has 3 unspecified atom stereocenters. The molecule has 1 saturated heterocycles. The van der Waals surface area contributed by atoms with Gasteiger partial charge >= 0.3 is 11.9 Å². The van der Waals surface area contributed by atoms with Crippen molar-refractivity contribution in [3.8, 4) is 0 Å². The summed E-state index contributed by atoms with van der Waals surface area (Å²) in [5.74, 6) is -0.989. The van der Waals surface area contributed by atoms with Gasteiger partial charge in [0, 0.05) is 12.8 Å². The zero-order chi connectivity index (χ0) is 46.1. The van der Waals surface area contributed by atoms with Gasteiger partial charge < -0.3 is 32.6 Å². The van der Waals surface area contributed by atoms with E-state index in [1.807, 2.05) is 33.3 Å². The quantitative estimate of drug-likeness (QED) is 0.0148. The molecular formula is C52H82NO9P. The first-order chi connectivity index (χ1) is 30.5. The van der Waals surface area contributed by atoms with Crippen molar-refractivity contribution < 1.29 is 46.8 Å². The Bertz CT molecular complexity index is 1550. The fourth-order valence-electron chi connectivity index (χ4n) is 5.69. The number of ether oxygens (including phenoxy) is 3. The molecule has 0 aromatic carbocycles. The molecule has 0 spiro atoms. The van der Waals surface area contributed by atoms with E-state index in [1.54, 1.807) is 0 Å². The zero-order valence-electron chi connectivity index (χ0n) is 39.4. The molecule has 0 N–H and O–H groups in total. The zero-order valence-corrected chi connectivity index (χ0v) is 40.3. The Morgan fingerprint density at radius 1 is 0.571 bits per heavy atom. The summed E-state index contributed by atoms with van der Waals surface area (Å²) >= 11 is 0. The van der Waals surface area contributed by atoms with Gasteiger partial charge in [0.2, 0.25) is 0 Å². The van der Waals surface area contributed by atoms with Crippen molar-refractivity contribution in [2.75, 3.05) is 47.5 Å². The van der Waals surface area contributed by atoms with Crippen LogP contribution in [0.15, 0.2) is 122 Å². The molecule has 0 radical (unpaired) electrons. The van der Waals surface area contributed by atoms with E-state index in [2.05, 4.69) is 123 Å². The second kappa shape index (κ2) is 38.8. The Morgan fingerprint density at radius 3 is 1.56 bits per heavy atom. The highest BCUT2D eigenvalue weighted by Crippen LogP contribution is 2.38. The monoisotopic (exact) mass is 896 g/mol. The van der Waals surface area contributed by atoms with Crippen molar-refractivity contribution in [2.45, 2.75) is 148 Å². The molecule has 63 heavy (non-hydrogen) atoms. The summed E-state index contributed by atoms with van der Waals surface area (Å²) in [7, 11) is 1.07. The molecule has 11 heteroatoms. The number of carbonyl (C=O) groups excluding carboxylic acids is 2. The van der Waals surface area contributed by atoms with Gasteiger partial charge in [-0.3, -0.25) is 14.2 Å². The van der Waals surface area contributed by atoms with Crippen LogP contribution in [0.5, 0.6) is 0 Å². The average molecular weight is 896 g/mol. The third-order valence-electron chi connectivity index (χ3n) is 9.39. The SMILES string of the molecule is CC/C=C\C/C=C\C/C=C\C/C=C\C/C=C\CCCCCC(=O)O[C@H](COC(=O)CC/C=C\C/C=C\C/C=C\C/C=C\CC1OC1C/C=C\CC)COP(=O)([O-])OCC[N+](C)(C)C. The summed E-state index contributed by atoms with van der Waals surface area (Å²) < 4.78 is 39.5. The highest BCUT2D eigenvalue weighted by atomic mass is 31.2. The molecule has 1 aliphatic heterocycles. The summed E-state index contributed by atoms with van der Waals surface area (Å²) in [6.45, 7) is 3.83. The van der Waals surface area contributed by atoms with E-state index in [1.165, 1.54) is 0 Å². The number of rotatable bonds is 39. The largest absolute Gasteiger partial charge is 0.756 e. The van der Waals surface area contributed by atoms with E-state index in [9.17, 15) is 19.0 Å². The maximum Gasteiger partial charge on any atom is 0.306 e. The van der Waals surface area contributed by atoms with Crippen LogP contribution in [-0.4, -0.2) is 82.2 Å². The van der Waals surface area contributed by atoms with Crippen molar-refractivity contribution in [1.29, 1.82) is 0 Å². The van der Waals surface area contributed by atoms with Gasteiger partial charge in [-0.1, -0.05) is 142 Å². The Labute approximate surface area is 382 Å². The standard InChI is InChI=1S/C52H82NO9P/c1-6-8-10-11-12-13-14-15-16-17-18-19-20-21-26-29-32-35-39-43-52(55)61-48(47-60-63(56,57)59-45-44-53(3,4)5)46-58-51(54)42-38-34-31-28-25-23-22-24-27-30-33-37-41-50-49(62-50)40-36-9-7-2/h8-10,12-13,15-16,18-19,21,23-27,31,33-34,36-37,48-50H,6-7,11,14,17,20,22,28-30,32,35,38-47H2,1-5H3/b10-8-,13-12-,16-15-,19-18-,25-23-,26-21-,27-24-,34-31-,36-9-,37-33-/t48-,49?,50?/m1/s1. The number of hydrogen-bond acceptors (Lipinski definition) is 9. The molecule has 1 heterocycles. The minimum atomic E-state index is -4.67. The van der Waals surface area contributed by atoms with Crippen LogP contribution in [-0.2, 0) is 37.4 Å². The first kappa shape index (κ1) is 57.4. The van der Waals surface area contributed by atoms with Crippen molar-refractivity contribution in [3.63, 3.8) is 0 Å². The molecule has 354 valence electrons. The number of unbranched alkanes of at least 4 members (excludes halogenated alkanes) is 3. The molecule has 1 fully saturated rings. The Balaban J connectivity index is 2.35. The molecular weight excluding hydrogens is 814 g/mol. The van der Waals surface area contributed by atoms with Crippen molar-refractivity contribution in [3.05, 3.63) is 122 Å². The summed E-state index contributed by atoms with van der Waals surface area (Å²) in [5, 5.41) is 0. The highest BCUT2D eigenvalue weighted by Gasteiger charge is 2.36. The fourth-order valence-corrected chi connectivity index (χ4v) is 6.42. The molecule has 0 amide bonds. The second-order valence-electron chi connectivity index (χ2n) is 16.4. The number of quaternary nitrogens is 1. The molecule has 0 aromatic rings. The van der Waals surface area contributed by atoms with E-state index in [0.29, 0.717) is 36.1 Å². The lowest BCUT2D eigenvalue weighted by Crippen LogP contribution is -2.37. The Hall–Kier alpha value is -3.63. The summed E-state index contributed by atoms with van der Waals surface area (Å²) in [6, 6.07) is 0. The molecule has 1 aliphatic rings. The molecule has 0 saturated carbocycles. The normalized spacial score (nSPS) is 17.8. The lowest BCUT2D eigenvalue weighted by molar-refractivity contribution is -0.870. The fraction of sp³-hybridized carbons (Fsp3) is 0.577. The van der Waals surface area contributed by atoms with Crippen LogP contribution in [0.2, 0.25) is 0 Å². The molecule has 10 nitrogen and oxygen atoms in total. The molecule has 1 rings (SSSR count). The summed E-state index contributed by atoms with van der Waals surface area (Å²) in [5.41, 5.74) is 0. The molecule has 0 aromatic heterocycles. The second-order valence-corrected chi connectivity index (χ2v) is 17.8. The maximum absolute atomic E-state index is 12.7. The van der Waals surface area contributed by atoms with Crippen LogP contribution in [0.3, 0.4) is 0 Å². The third kappa shape index (κ3) is 39.7. The van der Waals surface area contributed by atoms with Crippen LogP contribution in [0, 0.1) is 0 Å². The van der Waals surface area contributed by atoms with Gasteiger partial charge in [-0.2, -0.15) is 0 Å². The topological polar surface area (TPSA) is 124 Å². The molecule has 0 bridgehead atoms. The molecule has 4 atom stereocenters. The van der Waals surface area contributed by atoms with E-state index in [-0.39, 0.29) is 26.1 Å². The number of nitrogens with zero attached hydrogens (tertiary/aromatic N) is 1. The minimum Gasteiger partial charge on any atom is -0.756 e. The Morgan fingerprint density at radius 2 is 1.03 bits per heavy atom. The van der Waals surface area contributed by atoms with Gasteiger partial charge in [0.1, 0.15) is 19.8 Å². The lowest BCUT2D eigenvalue weighted by Gasteiger charge is -2.28. The number of esters is 2. The van der Waals surface area contributed by atoms with Crippen LogP contribution >= 0.6 is 7.82 Å². The maximum atomic E-state index is 12.7. The van der Waals surface area contributed by atoms with Gasteiger partial charge in [0.25, 0.3) is 7.82 Å². The van der Waals surface area contributed by atoms with Gasteiger partial charge in [-0.15, -0.1) is 0 Å². The minimum absolute atomic E-state index is 0.0586. The van der Waals surface area contributed by atoms with Crippen molar-refractivity contribution in [2.24, 2.45) is 0 Å². The predicted octanol–water partition coefficient (Wildman–Crippen LogP) is 12.0. The first-order valence-corrected chi connectivity index (χ1v) is 24.8. The highest BCUT2D eigenvalue weighted by molar-refractivity contribution is 7.45. The third-order valence-corrected chi connectivity index (χ3v) is 10.4. The van der Waals surface area contributed by atoms with E-state index in [4.69, 9.17) is 23.3 Å². The van der Waals surface area contributed by atoms with Gasteiger partial charge in [-0.25, -0.2) is 0 Å². The number of likely N-dealkylation sites (N-methyl/N-ethyl adjacent to an activating group) is 1. The number of epoxide rings is 1. The van der Waals surface area contributed by atoms with Crippen LogP contribution in [0.25, 0.3) is 0 Å². The summed E-state index contributed by atoms with van der Waals surface area (Å²) in [6.07, 6.45) is 57.1. The van der Waals surface area contributed by atoms with Gasteiger partial charge in [-0.05, 0) is 96.3 Å². The van der Waals surface area contributed by atoms with E-state index < -0.39 is 32.5 Å². The number of hydrogen-bond donors (Lipinski definition) is 0. The number of phosphoric ester groups is 1. The first-order valence-electron chi connectivity index (χ1n) is 23.4. The van der Waals surface area contributed by atoms with E-state index in [0.717, 1.165) is 89.9 Å². The number of allylic oxidation sites excluding steroid dienone is 18. The van der Waals surface area contributed by atoms with Gasteiger partial charge in [0.15, 0.2) is 6.10 Å². The Kier molecular flexibility index (Phi) is 35.3. The predicted molar refractivity (Wildman–Crippen MR) is 258 cm³/mol. The summed E-state index contributed by atoms with van der Waals surface area (Å²) in [4.78, 5) is 37.6. The van der Waals surface area contributed by atoms with Crippen LogP contribution in [0.1, 0.15) is 129 Å². The number of phosphoric acid groups is 1. The number of carbonyl (C=O) groups is 2. The van der Waals surface area contributed by atoms with Crippen molar-refractivity contribution >= 4 is 19.8 Å². The van der Waals surface area contributed by atoms with Crippen molar-refractivity contribution in [1.82, 2.24) is 0 Å². The average Bonchev–Trinajstić information content (AvgIpc) is 3.99. The smallest absolute Gasteiger partial charge is 0.306 e. The lowest BCUT2D eigenvalue weighted by atomic mass is 10.1. The molecule has 0 aliphatic carbocycles. The van der Waals surface area contributed by atoms with Crippen LogP contribution in [0.4, 0.5) is 0 Å².